The summed E-state index contributed by atoms with van der Waals surface area (Å²) in [6, 6.07) is 9.52. The largest absolute Gasteiger partial charge is 0.343 e. The molecule has 1 aliphatic carbocycles. The van der Waals surface area contributed by atoms with Crippen LogP contribution in [0.25, 0.3) is 0 Å². The van der Waals surface area contributed by atoms with Gasteiger partial charge >= 0.3 is 11.7 Å². The Morgan fingerprint density at radius 3 is 2.77 bits per heavy atom. The number of carbonyl (C=O) groups excluding carboxylic acids is 2. The van der Waals surface area contributed by atoms with E-state index in [1.165, 1.54) is 4.57 Å². The van der Waals surface area contributed by atoms with Gasteiger partial charge in [-0.15, -0.1) is 5.10 Å². The molecule has 0 unspecified atom stereocenters. The van der Waals surface area contributed by atoms with Crippen LogP contribution in [0.4, 0.5) is 4.79 Å². The highest BCUT2D eigenvalue weighted by Gasteiger charge is 2.26. The van der Waals surface area contributed by atoms with Gasteiger partial charge < -0.3 is 5.32 Å². The average Bonchev–Trinajstić information content (AvgIpc) is 3.37. The first-order chi connectivity index (χ1) is 12.5. The zero-order valence-corrected chi connectivity index (χ0v) is 15.2. The molecule has 3 amide bonds. The molecule has 1 aromatic heterocycles. The van der Waals surface area contributed by atoms with Crippen molar-refractivity contribution in [2.75, 3.05) is 0 Å². The number of H-pyrrole nitrogens is 1. The molecule has 1 fully saturated rings. The van der Waals surface area contributed by atoms with Crippen LogP contribution in [0.2, 0.25) is 0 Å². The van der Waals surface area contributed by atoms with E-state index < -0.39 is 17.2 Å². The van der Waals surface area contributed by atoms with E-state index in [0.29, 0.717) is 18.1 Å². The lowest BCUT2D eigenvalue weighted by atomic mass is 10.1. The van der Waals surface area contributed by atoms with Gasteiger partial charge in [0.2, 0.25) is 5.91 Å². The third kappa shape index (κ3) is 4.98. The van der Waals surface area contributed by atoms with Crippen LogP contribution in [0, 0.1) is 0 Å². The molecule has 0 aliphatic heterocycles. The number of urea groups is 1. The van der Waals surface area contributed by atoms with Gasteiger partial charge in [-0.3, -0.25) is 14.7 Å². The molecule has 3 rings (SSSR count). The van der Waals surface area contributed by atoms with E-state index in [-0.39, 0.29) is 11.7 Å². The van der Waals surface area contributed by atoms with E-state index >= 15 is 0 Å². The lowest BCUT2D eigenvalue weighted by Gasteiger charge is -2.12. The zero-order chi connectivity index (χ0) is 18.5. The Morgan fingerprint density at radius 2 is 2.08 bits per heavy atom. The standard InChI is InChI=1S/C17H21N5O3S/c1-11(14(23)19-15(24)18-13-7-8-13)26-17-21-20-16(25)22(17)10-9-12-5-3-2-4-6-12/h2-6,11,13H,7-10H2,1H3,(H,20,25)(H2,18,19,23,24)/t11-/m1/s1. The summed E-state index contributed by atoms with van der Waals surface area (Å²) in [6.45, 7) is 2.13. The molecule has 1 aliphatic rings. The Labute approximate surface area is 154 Å². The number of aryl methyl sites for hydroxylation is 1. The van der Waals surface area contributed by atoms with Crippen molar-refractivity contribution >= 4 is 23.7 Å². The van der Waals surface area contributed by atoms with E-state index in [0.717, 1.165) is 30.2 Å². The fourth-order valence-corrected chi connectivity index (χ4v) is 3.23. The number of hydrogen-bond acceptors (Lipinski definition) is 5. The molecule has 0 radical (unpaired) electrons. The third-order valence-corrected chi connectivity index (χ3v) is 5.08. The van der Waals surface area contributed by atoms with Crippen molar-refractivity contribution in [2.45, 2.75) is 49.2 Å². The quantitative estimate of drug-likeness (QED) is 0.632. The van der Waals surface area contributed by atoms with Crippen LogP contribution >= 0.6 is 11.8 Å². The van der Waals surface area contributed by atoms with Gasteiger partial charge in [-0.1, -0.05) is 42.1 Å². The molecule has 0 saturated heterocycles. The summed E-state index contributed by atoms with van der Waals surface area (Å²) >= 11 is 1.14. The molecular formula is C17H21N5O3S. The average molecular weight is 375 g/mol. The number of benzene rings is 1. The van der Waals surface area contributed by atoms with E-state index in [1.54, 1.807) is 6.92 Å². The molecule has 138 valence electrons. The van der Waals surface area contributed by atoms with E-state index in [4.69, 9.17) is 0 Å². The van der Waals surface area contributed by atoms with Gasteiger partial charge in [0.25, 0.3) is 0 Å². The molecule has 8 nitrogen and oxygen atoms in total. The second kappa shape index (κ2) is 8.22. The SMILES string of the molecule is C[C@@H](Sc1n[nH]c(=O)n1CCc1ccccc1)C(=O)NC(=O)NC1CC1. The fraction of sp³-hybridized carbons (Fsp3) is 0.412. The number of imide groups is 1. The number of aromatic nitrogens is 3. The first-order valence-corrected chi connectivity index (χ1v) is 9.38. The number of nitrogens with one attached hydrogen (secondary N) is 3. The minimum absolute atomic E-state index is 0.181. The topological polar surface area (TPSA) is 109 Å². The first-order valence-electron chi connectivity index (χ1n) is 8.50. The van der Waals surface area contributed by atoms with Crippen molar-refractivity contribution in [3.8, 4) is 0 Å². The van der Waals surface area contributed by atoms with Crippen molar-refractivity contribution in [3.63, 3.8) is 0 Å². The van der Waals surface area contributed by atoms with Crippen molar-refractivity contribution in [3.05, 3.63) is 46.4 Å². The highest BCUT2D eigenvalue weighted by Crippen LogP contribution is 2.21. The number of carbonyl (C=O) groups is 2. The molecule has 0 bridgehead atoms. The predicted molar refractivity (Wildman–Crippen MR) is 98.0 cm³/mol. The third-order valence-electron chi connectivity index (χ3n) is 3.99. The Bertz CT molecular complexity index is 828. The number of hydrogen-bond donors (Lipinski definition) is 3. The normalized spacial score (nSPS) is 14.7. The lowest BCUT2D eigenvalue weighted by Crippen LogP contribution is -2.43. The second-order valence-electron chi connectivity index (χ2n) is 6.20. The molecule has 1 heterocycles. The number of rotatable bonds is 7. The van der Waals surface area contributed by atoms with Gasteiger partial charge in [-0.2, -0.15) is 0 Å². The molecule has 1 saturated carbocycles. The molecule has 0 spiro atoms. The van der Waals surface area contributed by atoms with Crippen molar-refractivity contribution in [1.82, 2.24) is 25.4 Å². The summed E-state index contributed by atoms with van der Waals surface area (Å²) < 4.78 is 1.51. The number of amides is 3. The summed E-state index contributed by atoms with van der Waals surface area (Å²) in [7, 11) is 0. The Kier molecular flexibility index (Phi) is 5.77. The molecule has 1 atom stereocenters. The maximum atomic E-state index is 12.1. The number of aromatic amines is 1. The zero-order valence-electron chi connectivity index (χ0n) is 14.4. The van der Waals surface area contributed by atoms with Crippen LogP contribution in [-0.4, -0.2) is 38.0 Å². The monoisotopic (exact) mass is 375 g/mol. The van der Waals surface area contributed by atoms with Gasteiger partial charge in [-0.25, -0.2) is 14.7 Å². The minimum atomic E-state index is -0.564. The summed E-state index contributed by atoms with van der Waals surface area (Å²) in [6.07, 6.45) is 2.58. The van der Waals surface area contributed by atoms with Gasteiger partial charge in [0.1, 0.15) is 0 Å². The predicted octanol–water partition coefficient (Wildman–Crippen LogP) is 1.28. The molecule has 3 N–H and O–H groups in total. The Balaban J connectivity index is 1.57. The van der Waals surface area contributed by atoms with Crippen LogP contribution in [0.15, 0.2) is 40.3 Å². The van der Waals surface area contributed by atoms with Crippen LogP contribution < -0.4 is 16.3 Å². The summed E-state index contributed by atoms with van der Waals surface area (Å²) in [5.74, 6) is -0.418. The molecule has 9 heteroatoms. The highest BCUT2D eigenvalue weighted by molar-refractivity contribution is 8.00. The van der Waals surface area contributed by atoms with Gasteiger partial charge in [-0.05, 0) is 31.7 Å². The second-order valence-corrected chi connectivity index (χ2v) is 7.50. The van der Waals surface area contributed by atoms with Crippen LogP contribution in [0.1, 0.15) is 25.3 Å². The smallest absolute Gasteiger partial charge is 0.335 e. The minimum Gasteiger partial charge on any atom is -0.335 e. The van der Waals surface area contributed by atoms with Crippen LogP contribution in [-0.2, 0) is 17.8 Å². The fourth-order valence-electron chi connectivity index (χ4n) is 2.35. The molecular weight excluding hydrogens is 354 g/mol. The molecule has 1 aromatic carbocycles. The highest BCUT2D eigenvalue weighted by atomic mass is 32.2. The van der Waals surface area contributed by atoms with E-state index in [1.807, 2.05) is 30.3 Å². The number of thioether (sulfide) groups is 1. The number of nitrogens with zero attached hydrogens (tertiary/aromatic N) is 2. The lowest BCUT2D eigenvalue weighted by molar-refractivity contribution is -0.119. The van der Waals surface area contributed by atoms with E-state index in [9.17, 15) is 14.4 Å². The maximum Gasteiger partial charge on any atom is 0.343 e. The van der Waals surface area contributed by atoms with E-state index in [2.05, 4.69) is 20.8 Å². The Morgan fingerprint density at radius 1 is 1.35 bits per heavy atom. The van der Waals surface area contributed by atoms with Crippen molar-refractivity contribution in [2.24, 2.45) is 0 Å². The maximum absolute atomic E-state index is 12.1. The van der Waals surface area contributed by atoms with Gasteiger partial charge in [0, 0.05) is 12.6 Å². The van der Waals surface area contributed by atoms with Gasteiger partial charge in [0.05, 0.1) is 5.25 Å². The van der Waals surface area contributed by atoms with Crippen molar-refractivity contribution in [1.29, 1.82) is 0 Å². The summed E-state index contributed by atoms with van der Waals surface area (Å²) in [4.78, 5) is 35.8. The first kappa shape index (κ1) is 18.2. The van der Waals surface area contributed by atoms with Gasteiger partial charge in [0.15, 0.2) is 5.16 Å². The Hall–Kier alpha value is -2.55. The van der Waals surface area contributed by atoms with Crippen LogP contribution in [0.5, 0.6) is 0 Å². The summed E-state index contributed by atoms with van der Waals surface area (Å²) in [5.41, 5.74) is 0.793. The van der Waals surface area contributed by atoms with Crippen molar-refractivity contribution < 1.29 is 9.59 Å². The summed E-state index contributed by atoms with van der Waals surface area (Å²) in [5, 5.41) is 11.3. The molecule has 2 aromatic rings. The van der Waals surface area contributed by atoms with Crippen LogP contribution in [0.3, 0.4) is 0 Å². The molecule has 26 heavy (non-hydrogen) atoms.